The Labute approximate surface area is 217 Å². The summed E-state index contributed by atoms with van der Waals surface area (Å²) in [5.41, 5.74) is 10.0. The summed E-state index contributed by atoms with van der Waals surface area (Å²) < 4.78 is 16.8. The Morgan fingerprint density at radius 2 is 2.03 bits per heavy atom. The smallest absolute Gasteiger partial charge is 0.275 e. The minimum Gasteiger partial charge on any atom is -0.480 e. The summed E-state index contributed by atoms with van der Waals surface area (Å²) in [4.78, 5) is 30.7. The number of rotatable bonds is 4. The van der Waals surface area contributed by atoms with Crippen molar-refractivity contribution in [3.05, 3.63) is 71.4 Å². The van der Waals surface area contributed by atoms with Gasteiger partial charge in [0, 0.05) is 22.6 Å². The Morgan fingerprint density at radius 3 is 2.78 bits per heavy atom. The average molecular weight is 517 g/mol. The number of fused-ring (bicyclic) bond motifs is 4. The number of hydrogen-bond acceptors (Lipinski definition) is 10. The van der Waals surface area contributed by atoms with E-state index in [2.05, 4.69) is 32.4 Å². The third-order valence-electron chi connectivity index (χ3n) is 6.59. The normalized spacial score (nSPS) is 20.1. The summed E-state index contributed by atoms with van der Waals surface area (Å²) in [5, 5.41) is 3.42. The van der Waals surface area contributed by atoms with Crippen molar-refractivity contribution < 1.29 is 19.0 Å². The van der Waals surface area contributed by atoms with Crippen molar-refractivity contribution in [1.82, 2.24) is 15.0 Å². The van der Waals surface area contributed by atoms with Crippen molar-refractivity contribution in [2.45, 2.75) is 18.4 Å². The summed E-state index contributed by atoms with van der Waals surface area (Å²) in [7, 11) is 1.49. The number of nitrogens with zero attached hydrogens (tertiary/aromatic N) is 4. The van der Waals surface area contributed by atoms with Crippen molar-refractivity contribution in [2.75, 3.05) is 31.4 Å². The second-order valence-electron chi connectivity index (χ2n) is 8.74. The molecular formula is C26H24N6O4S. The van der Waals surface area contributed by atoms with Crippen molar-refractivity contribution >= 4 is 34.1 Å². The maximum absolute atomic E-state index is 12.9. The molecule has 3 N–H and O–H groups in total. The van der Waals surface area contributed by atoms with E-state index >= 15 is 0 Å². The average Bonchev–Trinajstić information content (AvgIpc) is 2.94. The monoisotopic (exact) mass is 516 g/mol. The van der Waals surface area contributed by atoms with Crippen molar-refractivity contribution in [3.63, 3.8) is 0 Å². The van der Waals surface area contributed by atoms with E-state index in [9.17, 15) is 4.79 Å². The third-order valence-corrected chi connectivity index (χ3v) is 7.39. The highest BCUT2D eigenvalue weighted by atomic mass is 32.2. The van der Waals surface area contributed by atoms with Gasteiger partial charge in [0.15, 0.2) is 10.9 Å². The number of carbonyl (C=O) groups is 1. The van der Waals surface area contributed by atoms with Crippen LogP contribution in [0.25, 0.3) is 5.57 Å². The largest absolute Gasteiger partial charge is 0.480 e. The van der Waals surface area contributed by atoms with E-state index in [4.69, 9.17) is 24.9 Å². The molecule has 1 aromatic carbocycles. The maximum atomic E-state index is 12.9. The summed E-state index contributed by atoms with van der Waals surface area (Å²) in [6.07, 6.45) is 8.11. The van der Waals surface area contributed by atoms with Crippen LogP contribution in [0, 0.1) is 0 Å². The van der Waals surface area contributed by atoms with E-state index in [1.54, 1.807) is 12.3 Å². The molecular weight excluding hydrogens is 492 g/mol. The molecule has 1 amide bonds. The van der Waals surface area contributed by atoms with E-state index in [0.717, 1.165) is 34.6 Å². The van der Waals surface area contributed by atoms with Gasteiger partial charge in [-0.2, -0.15) is 0 Å². The number of amides is 1. The molecule has 0 saturated carbocycles. The Hall–Kier alpha value is -3.96. The molecule has 0 fully saturated rings. The molecule has 10 nitrogen and oxygen atoms in total. The molecule has 11 heteroatoms. The first-order valence-electron chi connectivity index (χ1n) is 11.8. The number of pyridine rings is 1. The molecule has 3 aromatic rings. The summed E-state index contributed by atoms with van der Waals surface area (Å²) in [5.74, 6) is 2.04. The van der Waals surface area contributed by atoms with Gasteiger partial charge in [0.25, 0.3) is 5.91 Å². The molecule has 0 saturated heterocycles. The lowest BCUT2D eigenvalue weighted by Gasteiger charge is -2.39. The highest BCUT2D eigenvalue weighted by molar-refractivity contribution is 8.13. The van der Waals surface area contributed by atoms with Crippen LogP contribution in [-0.4, -0.2) is 52.1 Å². The van der Waals surface area contributed by atoms with Crippen LogP contribution >= 0.6 is 11.8 Å². The second kappa shape index (κ2) is 9.49. The lowest BCUT2D eigenvalue weighted by atomic mass is 9.78. The molecule has 5 heterocycles. The highest BCUT2D eigenvalue weighted by Gasteiger charge is 2.44. The lowest BCUT2D eigenvalue weighted by molar-refractivity contribution is 0.102. The van der Waals surface area contributed by atoms with Crippen LogP contribution in [0.2, 0.25) is 0 Å². The molecule has 1 spiro atoms. The molecule has 2 aromatic heterocycles. The number of nitrogens with one attached hydrogen (secondary N) is 1. The molecule has 0 unspecified atom stereocenters. The van der Waals surface area contributed by atoms with Gasteiger partial charge in [0.05, 0.1) is 44.6 Å². The van der Waals surface area contributed by atoms with Crippen LogP contribution in [0.4, 0.5) is 5.69 Å². The predicted molar refractivity (Wildman–Crippen MR) is 140 cm³/mol. The fourth-order valence-electron chi connectivity index (χ4n) is 4.77. The van der Waals surface area contributed by atoms with Crippen LogP contribution in [0.15, 0.2) is 53.9 Å². The van der Waals surface area contributed by atoms with Crippen LogP contribution in [-0.2, 0) is 10.3 Å². The van der Waals surface area contributed by atoms with E-state index in [-0.39, 0.29) is 11.6 Å². The zero-order valence-corrected chi connectivity index (χ0v) is 20.9. The predicted octanol–water partition coefficient (Wildman–Crippen LogP) is 3.74. The highest BCUT2D eigenvalue weighted by Crippen LogP contribution is 2.53. The van der Waals surface area contributed by atoms with Gasteiger partial charge in [-0.3, -0.25) is 9.78 Å². The molecule has 3 aliphatic heterocycles. The standard InChI is InChI=1S/C26H24N6O4S/c1-34-23-14-29-20(12-30-23)24(33)31-16-2-3-21-17(10-16)26(6-9-37-25(27)32-26)18-11-19(28-13-22(18)36-21)15-4-7-35-8-5-15/h2-4,10-14H,5-9H2,1H3,(H2,27,32)(H,31,33)/t26-/m0/s1. The third kappa shape index (κ3) is 4.30. The number of thioether (sulfide) groups is 1. The quantitative estimate of drug-likeness (QED) is 0.532. The molecule has 1 atom stereocenters. The van der Waals surface area contributed by atoms with E-state index in [1.165, 1.54) is 31.3 Å². The number of ether oxygens (including phenoxy) is 3. The molecule has 3 aliphatic rings. The fourth-order valence-corrected chi connectivity index (χ4v) is 5.60. The van der Waals surface area contributed by atoms with Crippen molar-refractivity contribution in [2.24, 2.45) is 10.7 Å². The summed E-state index contributed by atoms with van der Waals surface area (Å²) in [6.45, 7) is 1.24. The van der Waals surface area contributed by atoms with Gasteiger partial charge in [-0.05, 0) is 42.7 Å². The minimum absolute atomic E-state index is 0.173. The lowest BCUT2D eigenvalue weighted by Crippen LogP contribution is -2.35. The zero-order valence-electron chi connectivity index (χ0n) is 20.1. The van der Waals surface area contributed by atoms with Gasteiger partial charge >= 0.3 is 0 Å². The first-order chi connectivity index (χ1) is 18.1. The van der Waals surface area contributed by atoms with E-state index < -0.39 is 5.54 Å². The molecule has 0 bridgehead atoms. The van der Waals surface area contributed by atoms with E-state index in [1.807, 2.05) is 12.1 Å². The minimum atomic E-state index is -0.762. The van der Waals surface area contributed by atoms with Gasteiger partial charge < -0.3 is 25.3 Å². The number of carbonyl (C=O) groups excluding carboxylic acids is 1. The van der Waals surface area contributed by atoms with Gasteiger partial charge in [0.1, 0.15) is 17.0 Å². The molecule has 37 heavy (non-hydrogen) atoms. The number of amidine groups is 1. The molecule has 0 aliphatic carbocycles. The van der Waals surface area contributed by atoms with Crippen molar-refractivity contribution in [3.8, 4) is 17.4 Å². The zero-order chi connectivity index (χ0) is 25.4. The molecule has 188 valence electrons. The number of aliphatic imine (C=N–C) groups is 1. The Balaban J connectivity index is 1.40. The molecule has 6 rings (SSSR count). The maximum Gasteiger partial charge on any atom is 0.275 e. The molecule has 0 radical (unpaired) electrons. The topological polar surface area (TPSA) is 134 Å². The van der Waals surface area contributed by atoms with Crippen LogP contribution in [0.3, 0.4) is 0 Å². The Kier molecular flexibility index (Phi) is 6.01. The SMILES string of the molecule is COc1cnc(C(=O)Nc2ccc3c(c2)[C@@]2(CCSC(N)=N2)c2cc(C4=CCOCC4)ncc2O3)cn1. The first-order valence-corrected chi connectivity index (χ1v) is 12.8. The number of aromatic nitrogens is 3. The number of benzene rings is 1. The summed E-state index contributed by atoms with van der Waals surface area (Å²) in [6, 6.07) is 7.57. The number of methoxy groups -OCH3 is 1. The Morgan fingerprint density at radius 1 is 1.14 bits per heavy atom. The fraction of sp³-hybridized carbons (Fsp3) is 0.269. The first kappa shape index (κ1) is 23.4. The Bertz CT molecular complexity index is 1440. The second-order valence-corrected chi connectivity index (χ2v) is 9.86. The van der Waals surface area contributed by atoms with Crippen LogP contribution in [0.1, 0.15) is 40.2 Å². The van der Waals surface area contributed by atoms with Gasteiger partial charge in [-0.1, -0.05) is 17.8 Å². The van der Waals surface area contributed by atoms with Crippen LogP contribution in [0.5, 0.6) is 17.4 Å². The van der Waals surface area contributed by atoms with Gasteiger partial charge in [-0.15, -0.1) is 0 Å². The van der Waals surface area contributed by atoms with Crippen LogP contribution < -0.4 is 20.5 Å². The number of nitrogens with two attached hydrogens (primary N) is 1. The van der Waals surface area contributed by atoms with Gasteiger partial charge in [-0.25, -0.2) is 15.0 Å². The number of hydrogen-bond donors (Lipinski definition) is 2. The summed E-state index contributed by atoms with van der Waals surface area (Å²) >= 11 is 1.53. The van der Waals surface area contributed by atoms with Crippen molar-refractivity contribution in [1.29, 1.82) is 0 Å². The van der Waals surface area contributed by atoms with E-state index in [0.29, 0.717) is 47.9 Å². The number of anilines is 1. The van der Waals surface area contributed by atoms with Gasteiger partial charge in [0.2, 0.25) is 5.88 Å².